The first kappa shape index (κ1) is 9.43. The summed E-state index contributed by atoms with van der Waals surface area (Å²) in [6.45, 7) is 0. The summed E-state index contributed by atoms with van der Waals surface area (Å²) >= 11 is 9.42. The molecule has 0 amide bonds. The third-order valence-electron chi connectivity index (χ3n) is 2.85. The number of aryl methyl sites for hydroxylation is 1. The van der Waals surface area contributed by atoms with Gasteiger partial charge in [0, 0.05) is 11.8 Å². The van der Waals surface area contributed by atoms with E-state index in [-0.39, 0.29) is 5.78 Å². The molecule has 0 saturated carbocycles. The normalized spacial score (nSPS) is 14.9. The van der Waals surface area contributed by atoms with Crippen molar-refractivity contribution in [1.82, 2.24) is 4.98 Å². The number of hydrogen-bond donors (Lipinski definition) is 1. The van der Waals surface area contributed by atoms with Crippen LogP contribution in [0.25, 0.3) is 10.9 Å². The fraction of sp³-hybridized carbons (Fsp3) is 0.182. The highest BCUT2D eigenvalue weighted by molar-refractivity contribution is 9.10. The van der Waals surface area contributed by atoms with Gasteiger partial charge in [0.2, 0.25) is 0 Å². The van der Waals surface area contributed by atoms with Crippen LogP contribution in [0.1, 0.15) is 22.5 Å². The van der Waals surface area contributed by atoms with Crippen LogP contribution in [-0.4, -0.2) is 10.8 Å². The summed E-state index contributed by atoms with van der Waals surface area (Å²) in [5.41, 5.74) is 2.82. The van der Waals surface area contributed by atoms with E-state index in [1.165, 1.54) is 0 Å². The number of aromatic amines is 1. The quantitative estimate of drug-likeness (QED) is 0.786. The van der Waals surface area contributed by atoms with Crippen molar-refractivity contribution in [1.29, 1.82) is 0 Å². The molecule has 0 bridgehead atoms. The van der Waals surface area contributed by atoms with Crippen LogP contribution in [0.2, 0.25) is 5.02 Å². The Morgan fingerprint density at radius 1 is 1.33 bits per heavy atom. The lowest BCUT2D eigenvalue weighted by Gasteiger charge is -1.98. The zero-order chi connectivity index (χ0) is 10.6. The molecule has 0 aliphatic heterocycles. The maximum Gasteiger partial charge on any atom is 0.179 e. The number of hydrogen-bond acceptors (Lipinski definition) is 1. The molecule has 3 rings (SSSR count). The van der Waals surface area contributed by atoms with Gasteiger partial charge in [-0.3, -0.25) is 4.79 Å². The second-order valence-corrected chi connectivity index (χ2v) is 4.89. The molecule has 15 heavy (non-hydrogen) atoms. The Bertz CT molecular complexity index is 588. The predicted octanol–water partition coefficient (Wildman–Crippen LogP) is 3.71. The van der Waals surface area contributed by atoms with E-state index >= 15 is 0 Å². The first-order valence-electron chi connectivity index (χ1n) is 4.70. The topological polar surface area (TPSA) is 32.9 Å². The number of H-pyrrole nitrogens is 1. The minimum Gasteiger partial charge on any atom is -0.351 e. The van der Waals surface area contributed by atoms with Gasteiger partial charge >= 0.3 is 0 Å². The van der Waals surface area contributed by atoms with Crippen LogP contribution in [0.5, 0.6) is 0 Å². The fourth-order valence-corrected chi connectivity index (χ4v) is 2.72. The molecule has 0 unspecified atom stereocenters. The van der Waals surface area contributed by atoms with Gasteiger partial charge in [-0.15, -0.1) is 0 Å². The molecule has 1 aromatic heterocycles. The van der Waals surface area contributed by atoms with Crippen molar-refractivity contribution in [2.75, 3.05) is 0 Å². The summed E-state index contributed by atoms with van der Waals surface area (Å²) in [5.74, 6) is 0.198. The lowest BCUT2D eigenvalue weighted by atomic mass is 10.1. The zero-order valence-electron chi connectivity index (χ0n) is 7.73. The van der Waals surface area contributed by atoms with Crippen LogP contribution in [0.15, 0.2) is 16.6 Å². The first-order valence-corrected chi connectivity index (χ1v) is 5.87. The van der Waals surface area contributed by atoms with Gasteiger partial charge in [0.05, 0.1) is 20.7 Å². The molecule has 0 saturated heterocycles. The first-order chi connectivity index (χ1) is 7.18. The fourth-order valence-electron chi connectivity index (χ4n) is 2.12. The summed E-state index contributed by atoms with van der Waals surface area (Å²) < 4.78 is 0.837. The lowest BCUT2D eigenvalue weighted by Crippen LogP contribution is -1.91. The average Bonchev–Trinajstić information content (AvgIpc) is 2.74. The van der Waals surface area contributed by atoms with E-state index in [0.29, 0.717) is 11.4 Å². The third-order valence-corrected chi connectivity index (χ3v) is 4.22. The number of halogens is 2. The van der Waals surface area contributed by atoms with Crippen molar-refractivity contribution < 1.29 is 4.79 Å². The Morgan fingerprint density at radius 2 is 2.13 bits per heavy atom. The molecule has 4 heteroatoms. The third kappa shape index (κ3) is 1.20. The van der Waals surface area contributed by atoms with Crippen molar-refractivity contribution in [3.05, 3.63) is 32.9 Å². The van der Waals surface area contributed by atoms with Crippen LogP contribution < -0.4 is 0 Å². The monoisotopic (exact) mass is 283 g/mol. The maximum absolute atomic E-state index is 11.6. The summed E-state index contributed by atoms with van der Waals surface area (Å²) in [6.07, 6.45) is 1.46. The number of ketones is 1. The number of nitrogens with one attached hydrogen (secondary N) is 1. The summed E-state index contributed by atoms with van der Waals surface area (Å²) in [7, 11) is 0. The molecule has 0 fully saturated rings. The molecule has 1 N–H and O–H groups in total. The number of fused-ring (bicyclic) bond motifs is 3. The Morgan fingerprint density at radius 3 is 2.93 bits per heavy atom. The second-order valence-electron chi connectivity index (χ2n) is 3.69. The SMILES string of the molecule is O=C1CCc2c1[nH]c1c(Br)c(Cl)ccc21. The van der Waals surface area contributed by atoms with Crippen LogP contribution in [0.3, 0.4) is 0 Å². The zero-order valence-corrected chi connectivity index (χ0v) is 10.1. The highest BCUT2D eigenvalue weighted by Crippen LogP contribution is 2.36. The number of benzene rings is 1. The van der Waals surface area contributed by atoms with Crippen molar-refractivity contribution in [3.63, 3.8) is 0 Å². The molecular formula is C11H7BrClNO. The minimum absolute atomic E-state index is 0.198. The standard InChI is InChI=1S/C11H7BrClNO/c12-9-7(13)3-1-6-5-2-4-8(15)10(5)14-11(6)9/h1,3,14H,2,4H2. The number of carbonyl (C=O) groups is 1. The average molecular weight is 285 g/mol. The molecule has 1 heterocycles. The Hall–Kier alpha value is -0.800. The molecule has 76 valence electrons. The summed E-state index contributed by atoms with van der Waals surface area (Å²) in [6, 6.07) is 3.82. The van der Waals surface area contributed by atoms with Crippen molar-refractivity contribution in [2.45, 2.75) is 12.8 Å². The van der Waals surface area contributed by atoms with E-state index in [0.717, 1.165) is 33.1 Å². The smallest absolute Gasteiger partial charge is 0.179 e. The van der Waals surface area contributed by atoms with Gasteiger partial charge in [-0.05, 0) is 34.0 Å². The van der Waals surface area contributed by atoms with Crippen LogP contribution in [0.4, 0.5) is 0 Å². The van der Waals surface area contributed by atoms with Crippen LogP contribution in [0, 0.1) is 0 Å². The molecule has 1 aliphatic rings. The van der Waals surface area contributed by atoms with E-state index in [9.17, 15) is 4.79 Å². The van der Waals surface area contributed by atoms with Crippen LogP contribution in [-0.2, 0) is 6.42 Å². The van der Waals surface area contributed by atoms with Crippen LogP contribution >= 0.6 is 27.5 Å². The van der Waals surface area contributed by atoms with Gasteiger partial charge in [0.1, 0.15) is 0 Å². The molecule has 1 aliphatic carbocycles. The van der Waals surface area contributed by atoms with Gasteiger partial charge in [-0.2, -0.15) is 0 Å². The maximum atomic E-state index is 11.6. The van der Waals surface area contributed by atoms with E-state index in [1.807, 2.05) is 12.1 Å². The summed E-state index contributed by atoms with van der Waals surface area (Å²) in [4.78, 5) is 14.7. The predicted molar refractivity (Wildman–Crippen MR) is 63.7 cm³/mol. The molecule has 1 aromatic carbocycles. The number of Topliss-reactive ketones (excluding diaryl/α,β-unsaturated/α-hetero) is 1. The molecule has 0 atom stereocenters. The minimum atomic E-state index is 0.198. The van der Waals surface area contributed by atoms with Gasteiger partial charge < -0.3 is 4.98 Å². The largest absolute Gasteiger partial charge is 0.351 e. The van der Waals surface area contributed by atoms with Gasteiger partial charge in [0.25, 0.3) is 0 Å². The number of rotatable bonds is 0. The van der Waals surface area contributed by atoms with Crippen molar-refractivity contribution in [2.24, 2.45) is 0 Å². The second kappa shape index (κ2) is 3.09. The molecule has 2 aromatic rings. The highest BCUT2D eigenvalue weighted by atomic mass is 79.9. The molecular weight excluding hydrogens is 277 g/mol. The Balaban J connectivity index is 2.44. The van der Waals surface area contributed by atoms with Gasteiger partial charge in [0.15, 0.2) is 5.78 Å². The van der Waals surface area contributed by atoms with E-state index in [4.69, 9.17) is 11.6 Å². The number of aromatic nitrogens is 1. The van der Waals surface area contributed by atoms with Gasteiger partial charge in [-0.1, -0.05) is 17.7 Å². The van der Waals surface area contributed by atoms with E-state index in [1.54, 1.807) is 0 Å². The Kier molecular flexibility index (Phi) is 1.94. The van der Waals surface area contributed by atoms with E-state index < -0.39 is 0 Å². The highest BCUT2D eigenvalue weighted by Gasteiger charge is 2.25. The summed E-state index contributed by atoms with van der Waals surface area (Å²) in [5, 5.41) is 1.77. The molecule has 0 radical (unpaired) electrons. The van der Waals surface area contributed by atoms with Gasteiger partial charge in [-0.25, -0.2) is 0 Å². The van der Waals surface area contributed by atoms with Crippen molar-refractivity contribution >= 4 is 44.2 Å². The molecule has 2 nitrogen and oxygen atoms in total. The Labute approximate surface area is 99.7 Å². The molecule has 0 spiro atoms. The number of carbonyl (C=O) groups excluding carboxylic acids is 1. The lowest BCUT2D eigenvalue weighted by molar-refractivity contribution is 0.0991. The van der Waals surface area contributed by atoms with Crippen molar-refractivity contribution in [3.8, 4) is 0 Å². The van der Waals surface area contributed by atoms with E-state index in [2.05, 4.69) is 20.9 Å².